The Kier molecular flexibility index (Phi) is 1.12. The minimum Gasteiger partial charge on any atom is -0.225 e. The van der Waals surface area contributed by atoms with E-state index in [9.17, 15) is 0 Å². The molecule has 66 valence electrons. The lowest BCUT2D eigenvalue weighted by atomic mass is 10.1. The molecule has 0 atom stereocenters. The van der Waals surface area contributed by atoms with E-state index in [1.807, 2.05) is 0 Å². The lowest BCUT2D eigenvalue weighted by Crippen LogP contribution is -1.99. The number of aromatic nitrogens is 2. The highest BCUT2D eigenvalue weighted by atomic mass is 79.9. The van der Waals surface area contributed by atoms with Crippen LogP contribution in [0, 0.1) is 5.89 Å². The smallest absolute Gasteiger partial charge is 0.222 e. The summed E-state index contributed by atoms with van der Waals surface area (Å²) in [6.07, 6.45) is -2.09. The van der Waals surface area contributed by atoms with Gasteiger partial charge in [-0.15, -0.1) is 0 Å². The highest BCUT2D eigenvalue weighted by molar-refractivity contribution is 9.10. The van der Waals surface area contributed by atoms with Crippen LogP contribution >= 0.6 is 27.5 Å². The normalized spacial score (nSPS) is 26.0. The molecular weight excluding hydrogens is 239 g/mol. The summed E-state index contributed by atoms with van der Waals surface area (Å²) in [6.45, 7) is -6.86. The SMILES string of the molecule is [2H]C([2H])([2H])C([2H])(C([2H])([2H])[2H])C([2H])([2H])c1nc(Cl)ncc1Br. The molecule has 1 heterocycles. The van der Waals surface area contributed by atoms with E-state index >= 15 is 0 Å². The third-order valence-electron chi connectivity index (χ3n) is 0.958. The molecule has 0 unspecified atom stereocenters. The summed E-state index contributed by atoms with van der Waals surface area (Å²) < 4.78 is 67.7. The van der Waals surface area contributed by atoms with Crippen LogP contribution in [0.4, 0.5) is 0 Å². The third-order valence-corrected chi connectivity index (χ3v) is 1.72. The summed E-state index contributed by atoms with van der Waals surface area (Å²) in [6, 6.07) is 0. The van der Waals surface area contributed by atoms with E-state index in [1.165, 1.54) is 0 Å². The second kappa shape index (κ2) is 4.19. The van der Waals surface area contributed by atoms with Gasteiger partial charge in [-0.3, -0.25) is 0 Å². The van der Waals surface area contributed by atoms with Crippen LogP contribution in [0.15, 0.2) is 10.7 Å². The van der Waals surface area contributed by atoms with Gasteiger partial charge in [-0.2, -0.15) is 0 Å². The zero-order valence-electron chi connectivity index (χ0n) is 14.7. The predicted octanol–water partition coefficient (Wildman–Crippen LogP) is 3.09. The van der Waals surface area contributed by atoms with Crippen molar-refractivity contribution in [3.05, 3.63) is 21.6 Å². The maximum absolute atomic E-state index is 7.95. The van der Waals surface area contributed by atoms with E-state index in [1.54, 1.807) is 0 Å². The average molecular weight is 259 g/mol. The zero-order chi connectivity index (χ0) is 16.9. The molecule has 0 fully saturated rings. The number of hydrogen-bond donors (Lipinski definition) is 0. The first-order valence-corrected chi connectivity index (χ1v) is 4.02. The maximum Gasteiger partial charge on any atom is 0.222 e. The topological polar surface area (TPSA) is 25.8 Å². The van der Waals surface area contributed by atoms with Crippen LogP contribution in [0.5, 0.6) is 0 Å². The second-order valence-electron chi connectivity index (χ2n) is 1.84. The summed E-state index contributed by atoms with van der Waals surface area (Å²) in [5.41, 5.74) is -0.607. The zero-order valence-corrected chi connectivity index (χ0v) is 8.07. The summed E-state index contributed by atoms with van der Waals surface area (Å²) >= 11 is 8.47. The van der Waals surface area contributed by atoms with Gasteiger partial charge in [0.1, 0.15) is 0 Å². The molecule has 1 aromatic rings. The van der Waals surface area contributed by atoms with E-state index in [0.29, 0.717) is 0 Å². The monoisotopic (exact) mass is 257 g/mol. The first kappa shape index (κ1) is 3.21. The van der Waals surface area contributed by atoms with Gasteiger partial charge in [0.2, 0.25) is 5.28 Å². The number of hydrogen-bond acceptors (Lipinski definition) is 2. The van der Waals surface area contributed by atoms with Crippen molar-refractivity contribution in [1.82, 2.24) is 9.97 Å². The van der Waals surface area contributed by atoms with Gasteiger partial charge < -0.3 is 0 Å². The Labute approximate surface area is 98.1 Å². The van der Waals surface area contributed by atoms with Crippen LogP contribution in [-0.2, 0) is 6.37 Å². The van der Waals surface area contributed by atoms with Gasteiger partial charge in [-0.05, 0) is 39.8 Å². The number of nitrogens with zero attached hydrogens (tertiary/aromatic N) is 2. The predicted molar refractivity (Wildman–Crippen MR) is 53.3 cm³/mol. The molecule has 0 saturated carbocycles. The Morgan fingerprint density at radius 1 is 1.92 bits per heavy atom. The van der Waals surface area contributed by atoms with Crippen LogP contribution in [0.1, 0.15) is 31.7 Å². The van der Waals surface area contributed by atoms with Crippen molar-refractivity contribution in [2.75, 3.05) is 0 Å². The highest BCUT2D eigenvalue weighted by Crippen LogP contribution is 2.18. The van der Waals surface area contributed by atoms with Crippen molar-refractivity contribution < 1.29 is 12.3 Å². The maximum atomic E-state index is 7.95. The molecule has 0 aliphatic heterocycles. The molecule has 1 aromatic heterocycles. The summed E-state index contributed by atoms with van der Waals surface area (Å²) in [5.74, 6) is -3.44. The molecule has 1 rings (SSSR count). The van der Waals surface area contributed by atoms with Gasteiger partial charge >= 0.3 is 0 Å². The first-order valence-electron chi connectivity index (χ1n) is 7.35. The Morgan fingerprint density at radius 3 is 3.33 bits per heavy atom. The molecule has 0 aliphatic carbocycles. The van der Waals surface area contributed by atoms with E-state index < -0.39 is 36.9 Å². The first-order chi connectivity index (χ1) is 9.16. The summed E-state index contributed by atoms with van der Waals surface area (Å²) in [5, 5.41) is -0.393. The molecule has 2 nitrogen and oxygen atoms in total. The van der Waals surface area contributed by atoms with E-state index in [2.05, 4.69) is 25.9 Å². The summed E-state index contributed by atoms with van der Waals surface area (Å²) in [7, 11) is 0. The average Bonchev–Trinajstić information content (AvgIpc) is 2.27. The fourth-order valence-corrected chi connectivity index (χ4v) is 0.975. The quantitative estimate of drug-likeness (QED) is 0.762. The lowest BCUT2D eigenvalue weighted by molar-refractivity contribution is 0.632. The molecule has 0 aromatic carbocycles. The van der Waals surface area contributed by atoms with Gasteiger partial charge in [0.05, 0.1) is 10.2 Å². The molecule has 4 heteroatoms. The Hall–Kier alpha value is -0.150. The molecule has 0 radical (unpaired) electrons. The van der Waals surface area contributed by atoms with Crippen LogP contribution < -0.4 is 0 Å². The third kappa shape index (κ3) is 2.72. The van der Waals surface area contributed by atoms with Crippen LogP contribution in [0.2, 0.25) is 5.28 Å². The van der Waals surface area contributed by atoms with E-state index in [0.717, 1.165) is 6.20 Å². The Bertz CT molecular complexity index is 528. The van der Waals surface area contributed by atoms with Crippen molar-refractivity contribution >= 4 is 27.5 Å². The summed E-state index contributed by atoms with van der Waals surface area (Å²) in [4.78, 5) is 7.11. The highest BCUT2D eigenvalue weighted by Gasteiger charge is 2.05. The van der Waals surface area contributed by atoms with Crippen LogP contribution in [-0.4, -0.2) is 9.97 Å². The van der Waals surface area contributed by atoms with Crippen LogP contribution in [0.3, 0.4) is 0 Å². The molecule has 0 aliphatic rings. The van der Waals surface area contributed by atoms with Crippen molar-refractivity contribution in [3.8, 4) is 0 Å². The molecule has 0 saturated heterocycles. The number of halogens is 2. The van der Waals surface area contributed by atoms with Crippen molar-refractivity contribution in [2.24, 2.45) is 5.89 Å². The van der Waals surface area contributed by atoms with E-state index in [4.69, 9.17) is 23.9 Å². The molecular formula is C8H10BrClN2. The molecule has 0 amide bonds. The molecule has 0 N–H and O–H groups in total. The molecule has 0 bridgehead atoms. The van der Waals surface area contributed by atoms with E-state index in [-0.39, 0.29) is 4.47 Å². The van der Waals surface area contributed by atoms with Crippen molar-refractivity contribution in [2.45, 2.75) is 20.1 Å². The van der Waals surface area contributed by atoms with Crippen molar-refractivity contribution in [3.63, 3.8) is 0 Å². The standard InChI is InChI=1S/C8H10BrClN2/c1-5(2)3-7-6(9)4-11-8(10)12-7/h4-5H,3H2,1-2H3/i1D3,2D3,3D2,5D. The lowest BCUT2D eigenvalue weighted by Gasteiger charge is -2.05. The molecule has 12 heavy (non-hydrogen) atoms. The van der Waals surface area contributed by atoms with Gasteiger partial charge in [0.15, 0.2) is 0 Å². The Balaban J connectivity index is 3.68. The van der Waals surface area contributed by atoms with Gasteiger partial charge in [-0.25, -0.2) is 9.97 Å². The Morgan fingerprint density at radius 2 is 2.67 bits per heavy atom. The fraction of sp³-hybridized carbons (Fsp3) is 0.500. The second-order valence-corrected chi connectivity index (χ2v) is 3.03. The van der Waals surface area contributed by atoms with Gasteiger partial charge in [-0.1, -0.05) is 13.7 Å². The fourth-order valence-electron chi connectivity index (χ4n) is 0.552. The largest absolute Gasteiger partial charge is 0.225 e. The minimum absolute atomic E-state index is 0.0815. The van der Waals surface area contributed by atoms with Crippen LogP contribution in [0.25, 0.3) is 0 Å². The van der Waals surface area contributed by atoms with Gasteiger partial charge in [0.25, 0.3) is 0 Å². The number of rotatable bonds is 2. The molecule has 0 spiro atoms. The van der Waals surface area contributed by atoms with Gasteiger partial charge in [0, 0.05) is 18.5 Å². The van der Waals surface area contributed by atoms with Crippen molar-refractivity contribution in [1.29, 1.82) is 0 Å². The minimum atomic E-state index is -3.44.